The summed E-state index contributed by atoms with van der Waals surface area (Å²) in [7, 11) is 0. The minimum atomic E-state index is -1.31. The third kappa shape index (κ3) is 2.55. The van der Waals surface area contributed by atoms with Crippen LogP contribution in [0.15, 0.2) is 34.6 Å². The number of carbonyl (C=O) groups excluding carboxylic acids is 3. The van der Waals surface area contributed by atoms with Gasteiger partial charge < -0.3 is 14.9 Å². The van der Waals surface area contributed by atoms with Crippen LogP contribution in [0.3, 0.4) is 0 Å². The second-order valence-electron chi connectivity index (χ2n) is 9.47. The van der Waals surface area contributed by atoms with Gasteiger partial charge in [-0.3, -0.25) is 14.4 Å². The molecule has 4 aliphatic rings. The Morgan fingerprint density at radius 3 is 2.57 bits per heavy atom. The van der Waals surface area contributed by atoms with Crippen molar-refractivity contribution in [3.8, 4) is 0 Å². The minimum Gasteiger partial charge on any atom is -0.511 e. The molecule has 4 aliphatic carbocycles. The molecule has 0 heterocycles. The molecule has 4 atom stereocenters. The van der Waals surface area contributed by atoms with E-state index >= 15 is 0 Å². The maximum absolute atomic E-state index is 12.9. The van der Waals surface area contributed by atoms with Crippen molar-refractivity contribution in [2.45, 2.75) is 71.3 Å². The van der Waals surface area contributed by atoms with Gasteiger partial charge in [-0.25, -0.2) is 0 Å². The predicted octanol–water partition coefficient (Wildman–Crippen LogP) is 3.50. The van der Waals surface area contributed by atoms with E-state index in [1.54, 1.807) is 13.0 Å². The quantitative estimate of drug-likeness (QED) is 0.539. The van der Waals surface area contributed by atoms with E-state index in [0.717, 1.165) is 17.6 Å². The van der Waals surface area contributed by atoms with Crippen molar-refractivity contribution in [2.24, 2.45) is 16.7 Å². The maximum Gasteiger partial charge on any atom is 0.306 e. The largest absolute Gasteiger partial charge is 0.511 e. The molecule has 30 heavy (non-hydrogen) atoms. The molecule has 1 fully saturated rings. The number of hydrogen-bond donors (Lipinski definition) is 2. The Labute approximate surface area is 176 Å². The average Bonchev–Trinajstić information content (AvgIpc) is 3.01. The molecule has 0 saturated heterocycles. The number of fused-ring (bicyclic) bond motifs is 4. The third-order valence-corrected chi connectivity index (χ3v) is 8.37. The average molecular weight is 414 g/mol. The van der Waals surface area contributed by atoms with Crippen LogP contribution in [-0.2, 0) is 19.1 Å². The summed E-state index contributed by atoms with van der Waals surface area (Å²) in [6.45, 7) is 5.04. The Morgan fingerprint density at radius 2 is 1.90 bits per heavy atom. The topological polar surface area (TPSA) is 101 Å². The smallest absolute Gasteiger partial charge is 0.306 e. The fourth-order valence-corrected chi connectivity index (χ4v) is 6.64. The van der Waals surface area contributed by atoms with E-state index in [-0.39, 0.29) is 23.9 Å². The van der Waals surface area contributed by atoms with E-state index in [9.17, 15) is 24.6 Å². The van der Waals surface area contributed by atoms with Gasteiger partial charge in [0.2, 0.25) is 5.78 Å². The maximum atomic E-state index is 12.9. The summed E-state index contributed by atoms with van der Waals surface area (Å²) in [5.74, 6) is -0.902. The zero-order valence-electron chi connectivity index (χ0n) is 17.9. The fraction of sp³-hybridized carbons (Fsp3) is 0.625. The van der Waals surface area contributed by atoms with E-state index in [4.69, 9.17) is 4.74 Å². The van der Waals surface area contributed by atoms with Gasteiger partial charge in [-0.05, 0) is 63.0 Å². The number of esters is 1. The molecule has 6 nitrogen and oxygen atoms in total. The van der Waals surface area contributed by atoms with Gasteiger partial charge >= 0.3 is 5.97 Å². The van der Waals surface area contributed by atoms with Crippen LogP contribution in [0.4, 0.5) is 0 Å². The Morgan fingerprint density at radius 1 is 1.17 bits per heavy atom. The van der Waals surface area contributed by atoms with E-state index < -0.39 is 34.8 Å². The Hall–Kier alpha value is -2.21. The van der Waals surface area contributed by atoms with Crippen LogP contribution >= 0.6 is 0 Å². The molecule has 0 bridgehead atoms. The van der Waals surface area contributed by atoms with Gasteiger partial charge in [0.05, 0.1) is 5.41 Å². The summed E-state index contributed by atoms with van der Waals surface area (Å²) in [6, 6.07) is 0. The zero-order chi connectivity index (χ0) is 21.9. The van der Waals surface area contributed by atoms with Crippen LogP contribution < -0.4 is 0 Å². The summed E-state index contributed by atoms with van der Waals surface area (Å²) < 4.78 is 5.83. The Kier molecular flexibility index (Phi) is 4.84. The fourth-order valence-electron chi connectivity index (χ4n) is 6.64. The molecular formula is C24H30O6. The highest BCUT2D eigenvalue weighted by atomic mass is 16.6. The highest BCUT2D eigenvalue weighted by Crippen LogP contribution is 2.66. The molecule has 2 N–H and O–H groups in total. The Bertz CT molecular complexity index is 924. The molecule has 0 aliphatic heterocycles. The van der Waals surface area contributed by atoms with Crippen LogP contribution in [0.1, 0.15) is 65.7 Å². The number of hydrogen-bond acceptors (Lipinski definition) is 6. The first-order valence-corrected chi connectivity index (χ1v) is 10.9. The van der Waals surface area contributed by atoms with Crippen LogP contribution in [0, 0.1) is 16.7 Å². The summed E-state index contributed by atoms with van der Waals surface area (Å²) >= 11 is 0. The number of aliphatic hydroxyl groups is 2. The summed E-state index contributed by atoms with van der Waals surface area (Å²) in [4.78, 5) is 37.2. The Balaban J connectivity index is 1.81. The molecule has 4 rings (SSSR count). The number of carbonyl (C=O) groups is 3. The summed E-state index contributed by atoms with van der Waals surface area (Å²) in [5.41, 5.74) is 0.723. The first kappa shape index (κ1) is 21.0. The number of rotatable bonds is 4. The molecule has 0 aromatic heterocycles. The summed E-state index contributed by atoms with van der Waals surface area (Å²) in [5, 5.41) is 20.5. The molecule has 0 aromatic rings. The first-order chi connectivity index (χ1) is 14.1. The van der Waals surface area contributed by atoms with Crippen LogP contribution in [0.5, 0.6) is 0 Å². The normalized spacial score (nSPS) is 37.6. The number of allylic oxidation sites excluding steroid dienone is 4. The molecule has 0 aromatic carbocycles. The number of Topliss-reactive ketones (excluding diaryl/α,β-unsaturated/α-hetero) is 1. The monoisotopic (exact) mass is 414 g/mol. The van der Waals surface area contributed by atoms with E-state index in [2.05, 4.69) is 0 Å². The third-order valence-electron chi connectivity index (χ3n) is 8.37. The van der Waals surface area contributed by atoms with Crippen molar-refractivity contribution >= 4 is 17.5 Å². The molecule has 0 amide bonds. The highest BCUT2D eigenvalue weighted by molar-refractivity contribution is 6.02. The molecule has 6 heteroatoms. The van der Waals surface area contributed by atoms with Crippen LogP contribution in [0.25, 0.3) is 0 Å². The number of ether oxygens (including phenoxy) is 1. The second-order valence-corrected chi connectivity index (χ2v) is 9.47. The molecule has 1 saturated carbocycles. The molecule has 162 valence electrons. The molecule has 0 unspecified atom stereocenters. The van der Waals surface area contributed by atoms with E-state index in [1.807, 2.05) is 13.8 Å². The van der Waals surface area contributed by atoms with Gasteiger partial charge in [-0.1, -0.05) is 25.0 Å². The first-order valence-electron chi connectivity index (χ1n) is 10.9. The van der Waals surface area contributed by atoms with Gasteiger partial charge in [-0.15, -0.1) is 0 Å². The van der Waals surface area contributed by atoms with E-state index in [0.29, 0.717) is 32.1 Å². The second kappa shape index (κ2) is 6.91. The van der Waals surface area contributed by atoms with Crippen LogP contribution in [-0.4, -0.2) is 40.0 Å². The molecular weight excluding hydrogens is 384 g/mol. The van der Waals surface area contributed by atoms with Crippen molar-refractivity contribution in [3.05, 3.63) is 34.6 Å². The van der Waals surface area contributed by atoms with Crippen molar-refractivity contribution in [1.82, 2.24) is 0 Å². The zero-order valence-corrected chi connectivity index (χ0v) is 17.9. The minimum absolute atomic E-state index is 0.0326. The van der Waals surface area contributed by atoms with Gasteiger partial charge in [0, 0.05) is 17.9 Å². The lowest BCUT2D eigenvalue weighted by Gasteiger charge is -2.52. The SMILES string of the molecule is CCC(=O)O[C@]1(C(=O)CO)CC[C@H]2C3=C(CC[C@@]21C)[C@@]1(C)C(O)=CC(=O)C=C1CC3. The van der Waals surface area contributed by atoms with Gasteiger partial charge in [0.1, 0.15) is 12.4 Å². The lowest BCUT2D eigenvalue weighted by atomic mass is 9.53. The lowest BCUT2D eigenvalue weighted by molar-refractivity contribution is -0.183. The van der Waals surface area contributed by atoms with Crippen LogP contribution in [0.2, 0.25) is 0 Å². The van der Waals surface area contributed by atoms with Crippen molar-refractivity contribution in [2.75, 3.05) is 6.61 Å². The van der Waals surface area contributed by atoms with Crippen molar-refractivity contribution < 1.29 is 29.3 Å². The van der Waals surface area contributed by atoms with Gasteiger partial charge in [-0.2, -0.15) is 0 Å². The van der Waals surface area contributed by atoms with Crippen molar-refractivity contribution in [3.63, 3.8) is 0 Å². The van der Waals surface area contributed by atoms with E-state index in [1.165, 1.54) is 11.6 Å². The predicted molar refractivity (Wildman–Crippen MR) is 109 cm³/mol. The number of ketones is 2. The molecule has 0 radical (unpaired) electrons. The molecule has 0 spiro atoms. The number of aliphatic hydroxyl groups excluding tert-OH is 2. The summed E-state index contributed by atoms with van der Waals surface area (Å²) in [6.07, 6.45) is 6.93. The standard InChI is InChI=1S/C24H30O6/c1-4-21(29)30-24(20(28)13-25)10-8-17-16-6-5-14-11-15(26)12-19(27)23(14,3)18(16)7-9-22(17,24)2/h11-12,17,25,27H,4-10,13H2,1-3H3/t17-,22-,23-,24-/m0/s1. The van der Waals surface area contributed by atoms with Gasteiger partial charge in [0.15, 0.2) is 11.4 Å². The highest BCUT2D eigenvalue weighted by Gasteiger charge is 2.66. The van der Waals surface area contributed by atoms with Crippen molar-refractivity contribution in [1.29, 1.82) is 0 Å². The lowest BCUT2D eigenvalue weighted by Crippen LogP contribution is -2.57. The van der Waals surface area contributed by atoms with Gasteiger partial charge in [0.25, 0.3) is 0 Å².